The predicted octanol–water partition coefficient (Wildman–Crippen LogP) is 7.97. The van der Waals surface area contributed by atoms with Gasteiger partial charge < -0.3 is 9.47 Å². The molecule has 3 nitrogen and oxygen atoms in total. The van der Waals surface area contributed by atoms with Crippen LogP contribution in [-0.2, 0) is 13.0 Å². The van der Waals surface area contributed by atoms with Crippen LogP contribution in [-0.4, -0.2) is 12.1 Å². The molecule has 4 heteroatoms. The molecule has 0 amide bonds. The molecule has 4 rings (SSSR count). The minimum atomic E-state index is -0.258. The van der Waals surface area contributed by atoms with E-state index < -0.39 is 0 Å². The molecular formula is C30H36FNO2. The van der Waals surface area contributed by atoms with Crippen LogP contribution in [0.2, 0.25) is 0 Å². The number of benzene rings is 2. The van der Waals surface area contributed by atoms with Crippen LogP contribution in [0.3, 0.4) is 0 Å². The number of rotatable bonds is 9. The Hall–Kier alpha value is -2.88. The molecule has 0 bridgehead atoms. The molecule has 0 aliphatic heterocycles. The van der Waals surface area contributed by atoms with Crippen molar-refractivity contribution in [3.05, 3.63) is 77.4 Å². The second kappa shape index (κ2) is 10.2. The average Bonchev–Trinajstić information content (AvgIpc) is 3.63. The summed E-state index contributed by atoms with van der Waals surface area (Å²) in [5.41, 5.74) is 4.82. The SMILES string of the molecule is CCC(c1ccnc(COc2ccc(-c3cc(OC)ccc3F)c(CC(C)(C)C)c2)c1)C1CC1. The van der Waals surface area contributed by atoms with E-state index in [0.29, 0.717) is 23.8 Å². The molecule has 1 atom stereocenters. The van der Waals surface area contributed by atoms with Crippen molar-refractivity contribution in [2.45, 2.75) is 65.9 Å². The summed E-state index contributed by atoms with van der Waals surface area (Å²) in [6.45, 7) is 9.24. The van der Waals surface area contributed by atoms with Gasteiger partial charge in [0.2, 0.25) is 0 Å². The van der Waals surface area contributed by atoms with Crippen LogP contribution < -0.4 is 9.47 Å². The highest BCUT2D eigenvalue weighted by Gasteiger charge is 2.31. The molecule has 34 heavy (non-hydrogen) atoms. The molecule has 1 aromatic heterocycles. The van der Waals surface area contributed by atoms with Crippen LogP contribution in [0, 0.1) is 17.2 Å². The van der Waals surface area contributed by atoms with E-state index in [2.05, 4.69) is 44.8 Å². The van der Waals surface area contributed by atoms with Gasteiger partial charge >= 0.3 is 0 Å². The lowest BCUT2D eigenvalue weighted by Crippen LogP contribution is -2.11. The summed E-state index contributed by atoms with van der Waals surface area (Å²) in [6, 6.07) is 15.1. The second-order valence-corrected chi connectivity index (χ2v) is 10.6. The van der Waals surface area contributed by atoms with Gasteiger partial charge in [-0.05, 0) is 102 Å². The van der Waals surface area contributed by atoms with Crippen molar-refractivity contribution in [3.8, 4) is 22.6 Å². The molecule has 1 saturated carbocycles. The first-order valence-electron chi connectivity index (χ1n) is 12.3. The largest absolute Gasteiger partial charge is 0.497 e. The number of pyridine rings is 1. The van der Waals surface area contributed by atoms with E-state index >= 15 is 0 Å². The Balaban J connectivity index is 1.58. The minimum absolute atomic E-state index is 0.0383. The van der Waals surface area contributed by atoms with E-state index in [1.165, 1.54) is 24.5 Å². The Morgan fingerprint density at radius 3 is 2.44 bits per heavy atom. The highest BCUT2D eigenvalue weighted by Crippen LogP contribution is 2.44. The Labute approximate surface area is 203 Å². The van der Waals surface area contributed by atoms with Gasteiger partial charge in [0.15, 0.2) is 0 Å². The van der Waals surface area contributed by atoms with Crippen LogP contribution in [0.1, 0.15) is 69.7 Å². The molecule has 1 unspecified atom stereocenters. The third-order valence-corrected chi connectivity index (χ3v) is 6.55. The summed E-state index contributed by atoms with van der Waals surface area (Å²) in [5, 5.41) is 0. The highest BCUT2D eigenvalue weighted by atomic mass is 19.1. The fraction of sp³-hybridized carbons (Fsp3) is 0.433. The zero-order valence-electron chi connectivity index (χ0n) is 21.0. The summed E-state index contributed by atoms with van der Waals surface area (Å²) in [4.78, 5) is 4.54. The zero-order valence-corrected chi connectivity index (χ0v) is 21.0. The number of halogens is 1. The van der Waals surface area contributed by atoms with Gasteiger partial charge in [-0.15, -0.1) is 0 Å². The maximum atomic E-state index is 14.8. The number of nitrogens with zero attached hydrogens (tertiary/aromatic N) is 1. The number of aromatic nitrogens is 1. The number of hydrogen-bond donors (Lipinski definition) is 0. The monoisotopic (exact) mass is 461 g/mol. The topological polar surface area (TPSA) is 31.4 Å². The van der Waals surface area contributed by atoms with Crippen LogP contribution in [0.4, 0.5) is 4.39 Å². The summed E-state index contributed by atoms with van der Waals surface area (Å²) >= 11 is 0. The molecule has 0 saturated heterocycles. The van der Waals surface area contributed by atoms with Crippen LogP contribution >= 0.6 is 0 Å². The van der Waals surface area contributed by atoms with Gasteiger partial charge in [-0.3, -0.25) is 4.98 Å². The molecule has 1 fully saturated rings. The molecule has 0 N–H and O–H groups in total. The zero-order chi connectivity index (χ0) is 24.3. The average molecular weight is 462 g/mol. The maximum Gasteiger partial charge on any atom is 0.131 e. The summed E-state index contributed by atoms with van der Waals surface area (Å²) in [6.07, 6.45) is 6.53. The van der Waals surface area contributed by atoms with Gasteiger partial charge in [0, 0.05) is 11.8 Å². The quantitative estimate of drug-likeness (QED) is 0.324. The molecule has 1 aliphatic carbocycles. The molecule has 2 aromatic carbocycles. The molecule has 0 radical (unpaired) electrons. The van der Waals surface area contributed by atoms with E-state index in [0.717, 1.165) is 41.3 Å². The van der Waals surface area contributed by atoms with Gasteiger partial charge in [-0.25, -0.2) is 4.39 Å². The van der Waals surface area contributed by atoms with Crippen molar-refractivity contribution < 1.29 is 13.9 Å². The fourth-order valence-corrected chi connectivity index (χ4v) is 4.78. The Morgan fingerprint density at radius 2 is 1.76 bits per heavy atom. The van der Waals surface area contributed by atoms with Gasteiger partial charge in [0.25, 0.3) is 0 Å². The first-order valence-corrected chi connectivity index (χ1v) is 12.3. The van der Waals surface area contributed by atoms with Crippen LogP contribution in [0.15, 0.2) is 54.7 Å². The third kappa shape index (κ3) is 5.97. The normalized spacial score (nSPS) is 14.6. The first kappa shape index (κ1) is 24.3. The van der Waals surface area contributed by atoms with Crippen molar-refractivity contribution in [2.75, 3.05) is 7.11 Å². The van der Waals surface area contributed by atoms with Crippen molar-refractivity contribution >= 4 is 0 Å². The third-order valence-electron chi connectivity index (χ3n) is 6.55. The molecule has 180 valence electrons. The van der Waals surface area contributed by atoms with E-state index in [9.17, 15) is 4.39 Å². The van der Waals surface area contributed by atoms with E-state index in [4.69, 9.17) is 9.47 Å². The Morgan fingerprint density at radius 1 is 1.00 bits per heavy atom. The van der Waals surface area contributed by atoms with Crippen LogP contribution in [0.5, 0.6) is 11.5 Å². The van der Waals surface area contributed by atoms with E-state index in [1.54, 1.807) is 19.2 Å². The number of hydrogen-bond acceptors (Lipinski definition) is 3. The number of methoxy groups -OCH3 is 1. The van der Waals surface area contributed by atoms with Gasteiger partial charge in [-0.2, -0.15) is 0 Å². The van der Waals surface area contributed by atoms with Gasteiger partial charge in [-0.1, -0.05) is 33.8 Å². The van der Waals surface area contributed by atoms with E-state index in [1.807, 2.05) is 24.4 Å². The standard InChI is InChI=1S/C30H36FNO2/c1-6-26(20-7-8-20)21-13-14-32-23(15-21)19-34-25-9-11-27(22(16-25)18-30(2,3)4)28-17-24(33-5)10-12-29(28)31/h9-17,20,26H,6-8,18-19H2,1-5H3. The van der Waals surface area contributed by atoms with Gasteiger partial charge in [0.1, 0.15) is 23.9 Å². The maximum absolute atomic E-state index is 14.8. The Kier molecular flexibility index (Phi) is 7.25. The van der Waals surface area contributed by atoms with Crippen molar-refractivity contribution in [3.63, 3.8) is 0 Å². The van der Waals surface area contributed by atoms with Gasteiger partial charge in [0.05, 0.1) is 12.8 Å². The minimum Gasteiger partial charge on any atom is -0.497 e. The predicted molar refractivity (Wildman–Crippen MR) is 136 cm³/mol. The van der Waals surface area contributed by atoms with Crippen molar-refractivity contribution in [2.24, 2.45) is 11.3 Å². The molecule has 3 aromatic rings. The molecular weight excluding hydrogens is 425 g/mol. The smallest absolute Gasteiger partial charge is 0.131 e. The molecule has 1 aliphatic rings. The first-order chi connectivity index (χ1) is 16.3. The molecule has 1 heterocycles. The lowest BCUT2D eigenvalue weighted by molar-refractivity contribution is 0.300. The fourth-order valence-electron chi connectivity index (χ4n) is 4.78. The summed E-state index contributed by atoms with van der Waals surface area (Å²) in [5.74, 6) is 2.60. The summed E-state index contributed by atoms with van der Waals surface area (Å²) in [7, 11) is 1.60. The lowest BCUT2D eigenvalue weighted by atomic mass is 9.84. The second-order valence-electron chi connectivity index (χ2n) is 10.6. The summed E-state index contributed by atoms with van der Waals surface area (Å²) < 4.78 is 26.3. The van der Waals surface area contributed by atoms with Crippen LogP contribution in [0.25, 0.3) is 11.1 Å². The van der Waals surface area contributed by atoms with Crippen molar-refractivity contribution in [1.82, 2.24) is 4.98 Å². The number of ether oxygens (including phenoxy) is 2. The lowest BCUT2D eigenvalue weighted by Gasteiger charge is -2.22. The van der Waals surface area contributed by atoms with Crippen molar-refractivity contribution in [1.29, 1.82) is 0 Å². The Bertz CT molecular complexity index is 1130. The molecule has 0 spiro atoms. The highest BCUT2D eigenvalue weighted by molar-refractivity contribution is 5.70. The van der Waals surface area contributed by atoms with E-state index in [-0.39, 0.29) is 11.2 Å².